The highest BCUT2D eigenvalue weighted by atomic mass is 16.5. The minimum atomic E-state index is -1.19. The number of amides is 2. The van der Waals surface area contributed by atoms with Crippen LogP contribution in [-0.2, 0) is 21.4 Å². The Balaban J connectivity index is 1.22. The number of aliphatic hydroxyl groups excluding tert-OH is 1. The van der Waals surface area contributed by atoms with E-state index in [1.165, 1.54) is 25.7 Å². The van der Waals surface area contributed by atoms with Gasteiger partial charge < -0.3 is 30.5 Å². The minimum Gasteiger partial charge on any atom is -0.494 e. The Hall–Kier alpha value is -4.96. The third-order valence-electron chi connectivity index (χ3n) is 9.66. The van der Waals surface area contributed by atoms with Crippen molar-refractivity contribution in [3.05, 3.63) is 107 Å². The quantitative estimate of drug-likeness (QED) is 0.133. The predicted octanol–water partition coefficient (Wildman–Crippen LogP) is 6.43. The average Bonchev–Trinajstić information content (AvgIpc) is 3.55. The lowest BCUT2D eigenvalue weighted by atomic mass is 9.86. The van der Waals surface area contributed by atoms with E-state index in [4.69, 9.17) is 9.73 Å². The first-order valence-corrected chi connectivity index (χ1v) is 18.4. The predicted molar refractivity (Wildman–Crippen MR) is 203 cm³/mol. The van der Waals surface area contributed by atoms with Gasteiger partial charge >= 0.3 is 5.97 Å². The Bertz CT molecular complexity index is 1730. The molecule has 0 radical (unpaired) electrons. The van der Waals surface area contributed by atoms with Crippen molar-refractivity contribution in [1.82, 2.24) is 15.5 Å². The van der Waals surface area contributed by atoms with Crippen LogP contribution in [0.15, 0.2) is 84.0 Å². The molecule has 3 aromatic carbocycles. The molecule has 276 valence electrons. The number of likely N-dealkylation sites (tertiary alicyclic amines) is 1. The van der Waals surface area contributed by atoms with Crippen LogP contribution in [0.4, 0.5) is 0 Å². The maximum atomic E-state index is 13.8. The largest absolute Gasteiger partial charge is 0.494 e. The summed E-state index contributed by atoms with van der Waals surface area (Å²) in [5, 5.41) is 26.2. The highest BCUT2D eigenvalue weighted by molar-refractivity contribution is 6.10. The average molecular weight is 709 g/mol. The number of nitrogens with zero attached hydrogens (tertiary/aromatic N) is 2. The molecule has 1 fully saturated rings. The number of aliphatic carboxylic acids is 1. The second-order valence-electron chi connectivity index (χ2n) is 14.8. The molecule has 2 aliphatic heterocycles. The fraction of sp³-hybridized carbons (Fsp3) is 0.429. The molecule has 5 rings (SSSR count). The molecule has 2 heterocycles. The van der Waals surface area contributed by atoms with Crippen LogP contribution >= 0.6 is 0 Å². The number of carboxylic acid groups (broad SMARTS) is 1. The fourth-order valence-corrected chi connectivity index (χ4v) is 6.51. The first kappa shape index (κ1) is 38.3. The zero-order valence-electron chi connectivity index (χ0n) is 30.7. The molecular weight excluding hydrogens is 656 g/mol. The Morgan fingerprint density at radius 1 is 0.962 bits per heavy atom. The van der Waals surface area contributed by atoms with E-state index in [0.29, 0.717) is 5.56 Å². The van der Waals surface area contributed by atoms with Crippen molar-refractivity contribution in [2.45, 2.75) is 102 Å². The molecule has 0 bridgehead atoms. The van der Waals surface area contributed by atoms with Crippen LogP contribution in [0.5, 0.6) is 5.75 Å². The van der Waals surface area contributed by atoms with Gasteiger partial charge in [0.25, 0.3) is 5.91 Å². The monoisotopic (exact) mass is 708 g/mol. The van der Waals surface area contributed by atoms with Crippen LogP contribution in [0.25, 0.3) is 5.57 Å². The number of carbonyl (C=O) groups excluding carboxylic acids is 2. The Morgan fingerprint density at radius 3 is 2.27 bits per heavy atom. The molecule has 10 heteroatoms. The van der Waals surface area contributed by atoms with Crippen LogP contribution in [0.2, 0.25) is 0 Å². The maximum absolute atomic E-state index is 13.8. The Kier molecular flexibility index (Phi) is 12.9. The van der Waals surface area contributed by atoms with E-state index in [0.717, 1.165) is 51.5 Å². The highest BCUT2D eigenvalue weighted by Gasteiger charge is 2.41. The number of carboxylic acids is 1. The van der Waals surface area contributed by atoms with E-state index in [1.54, 1.807) is 12.1 Å². The smallest absolute Gasteiger partial charge is 0.326 e. The van der Waals surface area contributed by atoms with Crippen LogP contribution in [0.3, 0.4) is 0 Å². The summed E-state index contributed by atoms with van der Waals surface area (Å²) in [4.78, 5) is 45.1. The number of aliphatic hydroxyl groups is 1. The summed E-state index contributed by atoms with van der Waals surface area (Å²) in [6.07, 6.45) is 8.61. The number of allylic oxidation sites excluding steroid dienone is 1. The van der Waals surface area contributed by atoms with Crippen molar-refractivity contribution in [3.63, 3.8) is 0 Å². The molecule has 0 aliphatic carbocycles. The molecule has 1 unspecified atom stereocenters. The summed E-state index contributed by atoms with van der Waals surface area (Å²) in [5.41, 5.74) is 5.04. The number of unbranched alkanes of at least 4 members (excludes halogenated alkanes) is 4. The number of hydrogen-bond donors (Lipinski definition) is 4. The molecule has 1 saturated heterocycles. The van der Waals surface area contributed by atoms with E-state index in [1.807, 2.05) is 73.1 Å². The van der Waals surface area contributed by atoms with E-state index in [9.17, 15) is 24.6 Å². The standard InChI is InChI=1S/C42H52N4O6/c1-5-6-7-8-9-22-52-35-20-16-29(17-21-35)32-25-43-38(44-26-32)30-12-10-28(11-13-30)23-36(40(49)46-27-34(47)24-37(46)41(50)51)45-39(48)31-14-18-33(19-15-31)42(2,3)4/h10-21,25-26,34,36-38,43,47H,5-9,22-24,27H2,1-4H3,(H,45,48)(H,50,51)/t34-,36+,37-,38?/m1/s1. The number of hydrogen-bond acceptors (Lipinski definition) is 7. The molecule has 3 aromatic rings. The molecule has 52 heavy (non-hydrogen) atoms. The lowest BCUT2D eigenvalue weighted by molar-refractivity contribution is -0.148. The molecule has 4 N–H and O–H groups in total. The first-order chi connectivity index (χ1) is 24.9. The third kappa shape index (κ3) is 10.1. The fourth-order valence-electron chi connectivity index (χ4n) is 6.51. The minimum absolute atomic E-state index is 0.0608. The van der Waals surface area contributed by atoms with Crippen molar-refractivity contribution >= 4 is 29.6 Å². The Morgan fingerprint density at radius 2 is 1.65 bits per heavy atom. The second kappa shape index (κ2) is 17.5. The molecule has 0 aromatic heterocycles. The SMILES string of the molecule is CCCCCCCOc1ccc(C2=CNC(c3ccc(C[C@H](NC(=O)c4ccc(C(C)(C)C)cc4)C(=O)N4C[C@H](O)C[C@@H]4C(=O)O)cc3)N=C2)cc1. The molecule has 2 aliphatic rings. The van der Waals surface area contributed by atoms with Gasteiger partial charge in [0.15, 0.2) is 0 Å². The second-order valence-corrected chi connectivity index (χ2v) is 14.8. The van der Waals surface area contributed by atoms with Gasteiger partial charge in [0.05, 0.1) is 12.7 Å². The van der Waals surface area contributed by atoms with E-state index < -0.39 is 36.0 Å². The Labute approximate surface area is 307 Å². The summed E-state index contributed by atoms with van der Waals surface area (Å²) < 4.78 is 5.90. The summed E-state index contributed by atoms with van der Waals surface area (Å²) in [6, 6.07) is 20.7. The molecule has 4 atom stereocenters. The number of carbonyl (C=O) groups is 3. The lowest BCUT2D eigenvalue weighted by Crippen LogP contribution is -2.52. The number of aliphatic imine (C=N–C) groups is 1. The van der Waals surface area contributed by atoms with Gasteiger partial charge in [0, 0.05) is 42.9 Å². The number of rotatable bonds is 15. The number of β-amino-alcohol motifs (C(OH)–C–C–N with tert-alkyl or cyclic N) is 1. The van der Waals surface area contributed by atoms with Crippen molar-refractivity contribution in [2.24, 2.45) is 4.99 Å². The van der Waals surface area contributed by atoms with Gasteiger partial charge in [-0.1, -0.05) is 102 Å². The van der Waals surface area contributed by atoms with Crippen LogP contribution in [0.1, 0.15) is 105 Å². The summed E-state index contributed by atoms with van der Waals surface area (Å²) in [5.74, 6) is -1.32. The summed E-state index contributed by atoms with van der Waals surface area (Å²) in [6.45, 7) is 9.08. The maximum Gasteiger partial charge on any atom is 0.326 e. The van der Waals surface area contributed by atoms with Crippen molar-refractivity contribution in [1.29, 1.82) is 0 Å². The van der Waals surface area contributed by atoms with Crippen LogP contribution in [0, 0.1) is 0 Å². The molecule has 0 saturated carbocycles. The van der Waals surface area contributed by atoms with Gasteiger partial charge in [-0.05, 0) is 58.4 Å². The van der Waals surface area contributed by atoms with Gasteiger partial charge in [-0.2, -0.15) is 0 Å². The lowest BCUT2D eigenvalue weighted by Gasteiger charge is -2.27. The van der Waals surface area contributed by atoms with Gasteiger partial charge in [0.2, 0.25) is 5.91 Å². The van der Waals surface area contributed by atoms with Crippen LogP contribution < -0.4 is 15.4 Å². The van der Waals surface area contributed by atoms with Gasteiger partial charge in [-0.25, -0.2) is 4.79 Å². The highest BCUT2D eigenvalue weighted by Crippen LogP contribution is 2.26. The van der Waals surface area contributed by atoms with Gasteiger partial charge in [-0.15, -0.1) is 0 Å². The molecule has 10 nitrogen and oxygen atoms in total. The van der Waals surface area contributed by atoms with E-state index in [-0.39, 0.29) is 31.0 Å². The third-order valence-corrected chi connectivity index (χ3v) is 9.66. The zero-order valence-corrected chi connectivity index (χ0v) is 30.7. The normalized spacial score (nSPS) is 19.1. The van der Waals surface area contributed by atoms with Gasteiger partial charge in [-0.3, -0.25) is 14.6 Å². The number of ether oxygens (including phenoxy) is 1. The number of nitrogens with one attached hydrogen (secondary N) is 2. The van der Waals surface area contributed by atoms with Crippen molar-refractivity contribution in [2.75, 3.05) is 13.2 Å². The zero-order chi connectivity index (χ0) is 37.3. The van der Waals surface area contributed by atoms with E-state index >= 15 is 0 Å². The molecule has 2 amide bonds. The van der Waals surface area contributed by atoms with Crippen LogP contribution in [-0.4, -0.2) is 70.5 Å². The van der Waals surface area contributed by atoms with Crippen molar-refractivity contribution < 1.29 is 29.3 Å². The van der Waals surface area contributed by atoms with Gasteiger partial charge in [0.1, 0.15) is 24.0 Å². The number of benzene rings is 3. The van der Waals surface area contributed by atoms with Crippen molar-refractivity contribution in [3.8, 4) is 5.75 Å². The summed E-state index contributed by atoms with van der Waals surface area (Å²) in [7, 11) is 0. The summed E-state index contributed by atoms with van der Waals surface area (Å²) >= 11 is 0. The van der Waals surface area contributed by atoms with E-state index in [2.05, 4.69) is 38.3 Å². The topological polar surface area (TPSA) is 141 Å². The first-order valence-electron chi connectivity index (χ1n) is 18.4. The molecular formula is C42H52N4O6. The molecule has 0 spiro atoms.